The molecule has 2 aliphatic rings. The number of halogens is 3. The van der Waals surface area contributed by atoms with E-state index >= 15 is 0 Å². The summed E-state index contributed by atoms with van der Waals surface area (Å²) in [5.74, 6) is -1.10. The van der Waals surface area contributed by atoms with Crippen LogP contribution in [0.15, 0.2) is 42.5 Å². The van der Waals surface area contributed by atoms with E-state index in [2.05, 4.69) is 0 Å². The SMILES string of the molecule is CC.CC.O=C(NO)c1ccc2c(c1)OCC(c1ccccc1C(F)(F)F)N(C(=O)C1CCOCC1)C2. The van der Waals surface area contributed by atoms with Gasteiger partial charge in [0.25, 0.3) is 5.91 Å². The molecule has 7 nitrogen and oxygen atoms in total. The summed E-state index contributed by atoms with van der Waals surface area (Å²) in [7, 11) is 0. The number of hydrogen-bond acceptors (Lipinski definition) is 5. The van der Waals surface area contributed by atoms with E-state index in [0.29, 0.717) is 31.6 Å². The molecule has 1 saturated heterocycles. The molecular weight excluding hydrogens is 489 g/mol. The number of hydrogen-bond donors (Lipinski definition) is 2. The maximum Gasteiger partial charge on any atom is 0.416 e. The van der Waals surface area contributed by atoms with E-state index in [1.165, 1.54) is 40.7 Å². The average molecular weight is 525 g/mol. The number of ether oxygens (including phenoxy) is 2. The zero-order chi connectivity index (χ0) is 27.6. The Bertz CT molecular complexity index is 1040. The molecule has 0 saturated carbocycles. The molecule has 0 radical (unpaired) electrons. The van der Waals surface area contributed by atoms with E-state index in [0.717, 1.165) is 6.07 Å². The summed E-state index contributed by atoms with van der Waals surface area (Å²) < 4.78 is 52.6. The van der Waals surface area contributed by atoms with Crippen LogP contribution in [0.5, 0.6) is 5.75 Å². The molecule has 1 atom stereocenters. The van der Waals surface area contributed by atoms with E-state index in [1.807, 2.05) is 27.7 Å². The molecule has 2 aromatic rings. The lowest BCUT2D eigenvalue weighted by atomic mass is 9.94. The van der Waals surface area contributed by atoms with Crippen molar-refractivity contribution in [3.05, 3.63) is 64.7 Å². The number of alkyl halides is 3. The fourth-order valence-corrected chi connectivity index (χ4v) is 4.29. The third-order valence-electron chi connectivity index (χ3n) is 6.02. The second kappa shape index (κ2) is 14.0. The minimum Gasteiger partial charge on any atom is -0.491 e. The Labute approximate surface area is 215 Å². The van der Waals surface area contributed by atoms with Crippen LogP contribution >= 0.6 is 0 Å². The molecule has 0 bridgehead atoms. The van der Waals surface area contributed by atoms with Crippen molar-refractivity contribution in [3.63, 3.8) is 0 Å². The number of fused-ring (bicyclic) bond motifs is 1. The highest BCUT2D eigenvalue weighted by atomic mass is 19.4. The number of rotatable bonds is 3. The zero-order valence-corrected chi connectivity index (χ0v) is 21.6. The van der Waals surface area contributed by atoms with Crippen molar-refractivity contribution in [1.29, 1.82) is 0 Å². The molecule has 2 amide bonds. The molecule has 0 spiro atoms. The van der Waals surface area contributed by atoms with Gasteiger partial charge < -0.3 is 14.4 Å². The third kappa shape index (κ3) is 7.23. The van der Waals surface area contributed by atoms with Crippen molar-refractivity contribution >= 4 is 11.8 Å². The van der Waals surface area contributed by atoms with Crippen LogP contribution in [0, 0.1) is 5.92 Å². The van der Waals surface area contributed by atoms with E-state index in [-0.39, 0.29) is 41.9 Å². The summed E-state index contributed by atoms with van der Waals surface area (Å²) in [5.41, 5.74) is 1.33. The van der Waals surface area contributed by atoms with Crippen LogP contribution in [0.1, 0.15) is 73.6 Å². The molecule has 0 aromatic heterocycles. The summed E-state index contributed by atoms with van der Waals surface area (Å²) in [6.45, 7) is 8.63. The summed E-state index contributed by atoms with van der Waals surface area (Å²) in [5, 5.41) is 8.89. The van der Waals surface area contributed by atoms with Crippen molar-refractivity contribution in [3.8, 4) is 5.75 Å². The molecule has 2 heterocycles. The first-order chi connectivity index (χ1) is 17.8. The number of amides is 2. The van der Waals surface area contributed by atoms with Gasteiger partial charge in [0.1, 0.15) is 12.4 Å². The first-order valence-electron chi connectivity index (χ1n) is 12.5. The topological polar surface area (TPSA) is 88.1 Å². The van der Waals surface area contributed by atoms with E-state index in [4.69, 9.17) is 14.7 Å². The maximum atomic E-state index is 13.8. The van der Waals surface area contributed by atoms with Gasteiger partial charge in [-0.2, -0.15) is 13.2 Å². The monoisotopic (exact) mass is 524 g/mol. The quantitative estimate of drug-likeness (QED) is 0.393. The van der Waals surface area contributed by atoms with Crippen LogP contribution in [-0.4, -0.2) is 41.7 Å². The van der Waals surface area contributed by atoms with Crippen LogP contribution in [0.2, 0.25) is 0 Å². The second-order valence-corrected chi connectivity index (χ2v) is 8.03. The molecule has 204 valence electrons. The number of carbonyl (C=O) groups is 2. The molecule has 1 fully saturated rings. The number of carbonyl (C=O) groups excluding carboxylic acids is 2. The fourth-order valence-electron chi connectivity index (χ4n) is 4.29. The minimum absolute atomic E-state index is 0.0173. The van der Waals surface area contributed by atoms with Gasteiger partial charge in [0.15, 0.2) is 0 Å². The van der Waals surface area contributed by atoms with Gasteiger partial charge in [0.05, 0.1) is 18.2 Å². The van der Waals surface area contributed by atoms with Crippen LogP contribution < -0.4 is 10.2 Å². The summed E-state index contributed by atoms with van der Waals surface area (Å²) in [6.07, 6.45) is -3.62. The lowest BCUT2D eigenvalue weighted by Gasteiger charge is -2.35. The molecular formula is C27H35F3N2O5. The first kappa shape index (κ1) is 30.1. The van der Waals surface area contributed by atoms with Gasteiger partial charge in [0, 0.05) is 30.3 Å². The number of nitrogens with zero attached hydrogens (tertiary/aromatic N) is 1. The smallest absolute Gasteiger partial charge is 0.416 e. The van der Waals surface area contributed by atoms with Crippen molar-refractivity contribution in [2.24, 2.45) is 5.92 Å². The Morgan fingerprint density at radius 3 is 2.30 bits per heavy atom. The van der Waals surface area contributed by atoms with Gasteiger partial charge in [-0.15, -0.1) is 0 Å². The van der Waals surface area contributed by atoms with Crippen LogP contribution in [-0.2, 0) is 22.3 Å². The van der Waals surface area contributed by atoms with Gasteiger partial charge in [-0.05, 0) is 36.6 Å². The molecule has 37 heavy (non-hydrogen) atoms. The van der Waals surface area contributed by atoms with Crippen LogP contribution in [0.3, 0.4) is 0 Å². The van der Waals surface area contributed by atoms with Gasteiger partial charge in [-0.3, -0.25) is 14.8 Å². The van der Waals surface area contributed by atoms with Gasteiger partial charge in [-0.25, -0.2) is 5.48 Å². The van der Waals surface area contributed by atoms with Crippen molar-refractivity contribution in [2.75, 3.05) is 19.8 Å². The number of nitrogens with one attached hydrogen (secondary N) is 1. The predicted molar refractivity (Wildman–Crippen MR) is 132 cm³/mol. The largest absolute Gasteiger partial charge is 0.491 e. The highest BCUT2D eigenvalue weighted by molar-refractivity contribution is 5.93. The van der Waals surface area contributed by atoms with Crippen molar-refractivity contribution < 1.29 is 37.4 Å². The normalized spacial score (nSPS) is 17.5. The molecule has 4 rings (SSSR count). The number of hydroxylamine groups is 1. The molecule has 2 N–H and O–H groups in total. The van der Waals surface area contributed by atoms with Crippen LogP contribution in [0.25, 0.3) is 0 Å². The molecule has 2 aromatic carbocycles. The Morgan fingerprint density at radius 1 is 1.03 bits per heavy atom. The van der Waals surface area contributed by atoms with Gasteiger partial charge in [0.2, 0.25) is 5.91 Å². The van der Waals surface area contributed by atoms with Gasteiger partial charge >= 0.3 is 6.18 Å². The average Bonchev–Trinajstić information content (AvgIpc) is 3.13. The molecule has 10 heteroatoms. The summed E-state index contributed by atoms with van der Waals surface area (Å²) in [4.78, 5) is 26.7. The highest BCUT2D eigenvalue weighted by Gasteiger charge is 2.40. The Hall–Kier alpha value is -3.11. The van der Waals surface area contributed by atoms with Crippen LogP contribution in [0.4, 0.5) is 13.2 Å². The molecule has 2 aliphatic heterocycles. The Kier molecular flexibility index (Phi) is 11.4. The van der Waals surface area contributed by atoms with Crippen molar-refractivity contribution in [2.45, 2.75) is 59.3 Å². The Balaban J connectivity index is 0.00000115. The predicted octanol–water partition coefficient (Wildman–Crippen LogP) is 5.77. The first-order valence-corrected chi connectivity index (χ1v) is 12.5. The molecule has 1 unspecified atom stereocenters. The van der Waals surface area contributed by atoms with E-state index < -0.39 is 23.7 Å². The summed E-state index contributed by atoms with van der Waals surface area (Å²) >= 11 is 0. The lowest BCUT2D eigenvalue weighted by Crippen LogP contribution is -2.42. The Morgan fingerprint density at radius 2 is 1.68 bits per heavy atom. The zero-order valence-electron chi connectivity index (χ0n) is 21.6. The summed E-state index contributed by atoms with van der Waals surface area (Å²) in [6, 6.07) is 8.61. The minimum atomic E-state index is -4.60. The maximum absolute atomic E-state index is 13.8. The number of benzene rings is 2. The lowest BCUT2D eigenvalue weighted by molar-refractivity contribution is -0.145. The standard InChI is InChI=1S/C23H23F3N2O5.2C2H6/c24-23(25,26)18-4-2-1-3-17(18)19-13-33-20-11-15(21(29)27-31)5-6-16(20)12-28(19)22(30)14-7-9-32-10-8-14;2*1-2/h1-6,11,14,19,31H,7-10,12-13H2,(H,27,29);2*1-2H3. The van der Waals surface area contributed by atoms with E-state index in [9.17, 15) is 22.8 Å². The highest BCUT2D eigenvalue weighted by Crippen LogP contribution is 2.40. The second-order valence-electron chi connectivity index (χ2n) is 8.03. The third-order valence-corrected chi connectivity index (χ3v) is 6.02. The fraction of sp³-hybridized carbons (Fsp3) is 0.481. The van der Waals surface area contributed by atoms with Crippen molar-refractivity contribution in [1.82, 2.24) is 10.4 Å². The van der Waals surface area contributed by atoms with Gasteiger partial charge in [-0.1, -0.05) is 52.0 Å². The van der Waals surface area contributed by atoms with E-state index in [1.54, 1.807) is 6.07 Å². The molecule has 0 aliphatic carbocycles.